The van der Waals surface area contributed by atoms with Gasteiger partial charge in [-0.2, -0.15) is 0 Å². The number of benzene rings is 2. The number of hydrogen-bond donors (Lipinski definition) is 0. The number of thiophene rings is 1. The van der Waals surface area contributed by atoms with Crippen LogP contribution in [0.2, 0.25) is 0 Å². The van der Waals surface area contributed by atoms with Crippen molar-refractivity contribution >= 4 is 23.2 Å². The number of nitrogens with zero attached hydrogens (tertiary/aromatic N) is 2. The second kappa shape index (κ2) is 11.6. The molecule has 1 aromatic heterocycles. The van der Waals surface area contributed by atoms with Gasteiger partial charge in [0.15, 0.2) is 0 Å². The van der Waals surface area contributed by atoms with E-state index in [9.17, 15) is 9.59 Å². The molecule has 2 amide bonds. The standard InChI is InChI=1S/C32H38N2O2S/c1-3-26(24-13-6-4-7-14-24)32(36)34(25-15-8-5-9-16-25)22-30(35)33-20-18-29-28(19-21-37-29)31(33)27-17-11-10-12-23(27)2/h4,6-7,10-14,17,19,21,25-26,31H,3,5,8-9,15-16,18,20,22H2,1-2H3. The van der Waals surface area contributed by atoms with E-state index in [0.717, 1.165) is 44.1 Å². The molecule has 0 radical (unpaired) electrons. The smallest absolute Gasteiger partial charge is 0.243 e. The zero-order chi connectivity index (χ0) is 25.8. The SMILES string of the molecule is CCC(C(=O)N(CC(=O)N1CCc2sccc2C1c1ccccc1C)C1CCCCC1)c1ccccc1. The normalized spacial score (nSPS) is 18.8. The van der Waals surface area contributed by atoms with Gasteiger partial charge in [-0.15, -0.1) is 11.3 Å². The van der Waals surface area contributed by atoms with E-state index in [4.69, 9.17) is 0 Å². The minimum Gasteiger partial charge on any atom is -0.330 e. The molecule has 194 valence electrons. The third-order valence-corrected chi connectivity index (χ3v) is 9.28. The second-order valence-corrected chi connectivity index (χ2v) is 11.5. The average molecular weight is 515 g/mol. The number of fused-ring (bicyclic) bond motifs is 1. The molecule has 5 heteroatoms. The van der Waals surface area contributed by atoms with E-state index in [1.54, 1.807) is 11.3 Å². The molecule has 0 N–H and O–H groups in total. The van der Waals surface area contributed by atoms with Gasteiger partial charge in [0.25, 0.3) is 0 Å². The largest absolute Gasteiger partial charge is 0.330 e. The van der Waals surface area contributed by atoms with Crippen molar-refractivity contribution in [3.8, 4) is 0 Å². The van der Waals surface area contributed by atoms with E-state index in [2.05, 4.69) is 49.6 Å². The van der Waals surface area contributed by atoms with Crippen LogP contribution in [0.15, 0.2) is 66.0 Å². The Morgan fingerprint density at radius 3 is 2.43 bits per heavy atom. The first-order valence-corrected chi connectivity index (χ1v) is 14.7. The highest BCUT2D eigenvalue weighted by molar-refractivity contribution is 7.10. The minimum atomic E-state index is -0.215. The molecule has 2 heterocycles. The van der Waals surface area contributed by atoms with Crippen molar-refractivity contribution in [1.82, 2.24) is 9.80 Å². The molecule has 0 spiro atoms. The van der Waals surface area contributed by atoms with Crippen LogP contribution in [0.3, 0.4) is 0 Å². The van der Waals surface area contributed by atoms with Gasteiger partial charge in [0.05, 0.1) is 12.0 Å². The Balaban J connectivity index is 1.46. The predicted octanol–water partition coefficient (Wildman–Crippen LogP) is 6.89. The van der Waals surface area contributed by atoms with Crippen LogP contribution in [-0.2, 0) is 16.0 Å². The average Bonchev–Trinajstić information content (AvgIpc) is 3.42. The molecule has 1 aliphatic heterocycles. The Bertz CT molecular complexity index is 1210. The van der Waals surface area contributed by atoms with Crippen molar-refractivity contribution in [3.63, 3.8) is 0 Å². The molecule has 3 aromatic rings. The topological polar surface area (TPSA) is 40.6 Å². The molecule has 2 aliphatic rings. The molecule has 5 rings (SSSR count). The fraction of sp³-hybridized carbons (Fsp3) is 0.438. The summed E-state index contributed by atoms with van der Waals surface area (Å²) in [6, 6.07) is 20.7. The molecule has 1 aliphatic carbocycles. The molecule has 2 unspecified atom stereocenters. The van der Waals surface area contributed by atoms with Gasteiger partial charge >= 0.3 is 0 Å². The van der Waals surface area contributed by atoms with Gasteiger partial charge in [0, 0.05) is 17.5 Å². The molecule has 0 bridgehead atoms. The van der Waals surface area contributed by atoms with Crippen molar-refractivity contribution in [2.24, 2.45) is 0 Å². The summed E-state index contributed by atoms with van der Waals surface area (Å²) in [5.74, 6) is -0.0468. The van der Waals surface area contributed by atoms with Crippen LogP contribution in [0.25, 0.3) is 0 Å². The van der Waals surface area contributed by atoms with E-state index in [1.807, 2.05) is 40.1 Å². The first kappa shape index (κ1) is 25.7. The first-order valence-electron chi connectivity index (χ1n) is 13.8. The summed E-state index contributed by atoms with van der Waals surface area (Å²) in [5, 5.41) is 2.15. The lowest BCUT2D eigenvalue weighted by Gasteiger charge is -2.41. The maximum absolute atomic E-state index is 14.2. The van der Waals surface area contributed by atoms with E-state index in [1.165, 1.54) is 28.0 Å². The Morgan fingerprint density at radius 1 is 0.973 bits per heavy atom. The van der Waals surface area contributed by atoms with Crippen LogP contribution in [0.5, 0.6) is 0 Å². The molecule has 0 saturated heterocycles. The van der Waals surface area contributed by atoms with E-state index in [0.29, 0.717) is 6.54 Å². The zero-order valence-electron chi connectivity index (χ0n) is 22.1. The third-order valence-electron chi connectivity index (χ3n) is 8.28. The van der Waals surface area contributed by atoms with Crippen molar-refractivity contribution < 1.29 is 9.59 Å². The lowest BCUT2D eigenvalue weighted by molar-refractivity contribution is -0.145. The fourth-order valence-electron chi connectivity index (χ4n) is 6.27. The molecular formula is C32H38N2O2S. The van der Waals surface area contributed by atoms with E-state index in [-0.39, 0.29) is 36.4 Å². The highest BCUT2D eigenvalue weighted by atomic mass is 32.1. The van der Waals surface area contributed by atoms with Crippen LogP contribution in [0, 0.1) is 6.92 Å². The summed E-state index contributed by atoms with van der Waals surface area (Å²) in [6.07, 6.45) is 7.04. The zero-order valence-corrected chi connectivity index (χ0v) is 22.9. The number of rotatable bonds is 7. The van der Waals surface area contributed by atoms with Crippen LogP contribution in [0.1, 0.15) is 84.5 Å². The number of carbonyl (C=O) groups excluding carboxylic acids is 2. The monoisotopic (exact) mass is 514 g/mol. The molecule has 37 heavy (non-hydrogen) atoms. The highest BCUT2D eigenvalue weighted by Crippen LogP contribution is 2.39. The maximum atomic E-state index is 14.2. The number of hydrogen-bond acceptors (Lipinski definition) is 3. The summed E-state index contributed by atoms with van der Waals surface area (Å²) >= 11 is 1.79. The van der Waals surface area contributed by atoms with Crippen LogP contribution in [-0.4, -0.2) is 40.7 Å². The molecule has 2 atom stereocenters. The quantitative estimate of drug-likeness (QED) is 0.345. The highest BCUT2D eigenvalue weighted by Gasteiger charge is 2.37. The third kappa shape index (κ3) is 5.38. The molecule has 2 aromatic carbocycles. The summed E-state index contributed by atoms with van der Waals surface area (Å²) in [4.78, 5) is 33.7. The van der Waals surface area contributed by atoms with Crippen molar-refractivity contribution in [3.05, 3.63) is 93.2 Å². The van der Waals surface area contributed by atoms with Crippen molar-refractivity contribution in [2.75, 3.05) is 13.1 Å². The maximum Gasteiger partial charge on any atom is 0.243 e. The Hall–Kier alpha value is -2.92. The molecule has 1 fully saturated rings. The molecule has 4 nitrogen and oxygen atoms in total. The number of aryl methyl sites for hydroxylation is 1. The van der Waals surface area contributed by atoms with Gasteiger partial charge in [-0.05, 0) is 66.3 Å². The lowest BCUT2D eigenvalue weighted by atomic mass is 9.89. The van der Waals surface area contributed by atoms with Gasteiger partial charge in [-0.3, -0.25) is 9.59 Å². The minimum absolute atomic E-state index is 0.0620. The Kier molecular flexibility index (Phi) is 8.09. The van der Waals surface area contributed by atoms with Gasteiger partial charge < -0.3 is 9.80 Å². The molecular weight excluding hydrogens is 476 g/mol. The van der Waals surface area contributed by atoms with E-state index < -0.39 is 0 Å². The first-order chi connectivity index (χ1) is 18.1. The summed E-state index contributed by atoms with van der Waals surface area (Å²) in [6.45, 7) is 5.05. The lowest BCUT2D eigenvalue weighted by Crippen LogP contribution is -2.51. The Labute approximate surface area is 225 Å². The number of carbonyl (C=O) groups is 2. The molecule has 1 saturated carbocycles. The van der Waals surface area contributed by atoms with Crippen LogP contribution in [0.4, 0.5) is 0 Å². The number of amides is 2. The van der Waals surface area contributed by atoms with Crippen molar-refractivity contribution in [2.45, 2.75) is 76.8 Å². The van der Waals surface area contributed by atoms with E-state index >= 15 is 0 Å². The predicted molar refractivity (Wildman–Crippen MR) is 151 cm³/mol. The van der Waals surface area contributed by atoms with Gasteiger partial charge in [-0.25, -0.2) is 0 Å². The summed E-state index contributed by atoms with van der Waals surface area (Å²) < 4.78 is 0. The van der Waals surface area contributed by atoms with Gasteiger partial charge in [0.1, 0.15) is 6.54 Å². The van der Waals surface area contributed by atoms with Crippen molar-refractivity contribution in [1.29, 1.82) is 0 Å². The summed E-state index contributed by atoms with van der Waals surface area (Å²) in [7, 11) is 0. The fourth-order valence-corrected chi connectivity index (χ4v) is 7.17. The van der Waals surface area contributed by atoms with Gasteiger partial charge in [0.2, 0.25) is 11.8 Å². The summed E-state index contributed by atoms with van der Waals surface area (Å²) in [5.41, 5.74) is 4.66. The Morgan fingerprint density at radius 2 is 1.70 bits per heavy atom. The van der Waals surface area contributed by atoms with Crippen LogP contribution < -0.4 is 0 Å². The van der Waals surface area contributed by atoms with Crippen LogP contribution >= 0.6 is 11.3 Å². The van der Waals surface area contributed by atoms with Gasteiger partial charge in [-0.1, -0.05) is 80.8 Å². The second-order valence-electron chi connectivity index (χ2n) is 10.5.